The Balaban J connectivity index is 1.73. The van der Waals surface area contributed by atoms with Gasteiger partial charge in [0.1, 0.15) is 23.2 Å². The van der Waals surface area contributed by atoms with E-state index in [9.17, 15) is 15.0 Å². The summed E-state index contributed by atoms with van der Waals surface area (Å²) in [7, 11) is 0. The number of carbonyl (C=O) groups excluding carboxylic acids is 1. The normalized spacial score (nSPS) is 30.8. The molecule has 1 unspecified atom stereocenters. The first-order valence-corrected chi connectivity index (χ1v) is 14.0. The number of ether oxygens (including phenoxy) is 1. The molecule has 2 saturated carbocycles. The number of rotatable bonds is 8. The first kappa shape index (κ1) is 26.8. The lowest BCUT2D eigenvalue weighted by atomic mass is 9.71. The molecular weight excluding hydrogens is 448 g/mol. The summed E-state index contributed by atoms with van der Waals surface area (Å²) in [4.78, 5) is 13.8. The fourth-order valence-electron chi connectivity index (χ4n) is 7.61. The van der Waals surface area contributed by atoms with Crippen LogP contribution in [0.25, 0.3) is 0 Å². The molecular formula is C32H46O4. The number of unbranched alkanes of at least 4 members (excludes halogenated alkanes) is 2. The quantitative estimate of drug-likeness (QED) is 0.217. The van der Waals surface area contributed by atoms with Crippen molar-refractivity contribution in [3.8, 4) is 11.5 Å². The Morgan fingerprint density at radius 3 is 2.53 bits per heavy atom. The van der Waals surface area contributed by atoms with Crippen molar-refractivity contribution < 1.29 is 19.7 Å². The molecule has 0 radical (unpaired) electrons. The van der Waals surface area contributed by atoms with E-state index in [4.69, 9.17) is 4.74 Å². The first-order chi connectivity index (χ1) is 16.9. The van der Waals surface area contributed by atoms with Gasteiger partial charge in [0.2, 0.25) is 0 Å². The van der Waals surface area contributed by atoms with Crippen LogP contribution in [0.1, 0.15) is 120 Å². The van der Waals surface area contributed by atoms with Crippen molar-refractivity contribution in [1.82, 2.24) is 0 Å². The van der Waals surface area contributed by atoms with E-state index < -0.39 is 5.97 Å². The summed E-state index contributed by atoms with van der Waals surface area (Å²) in [6, 6.07) is 1.71. The number of phenolic OH excluding ortho intramolecular Hbond substituents is 2. The molecule has 3 aliphatic carbocycles. The maximum atomic E-state index is 13.8. The van der Waals surface area contributed by atoms with E-state index in [0.717, 1.165) is 56.9 Å². The van der Waals surface area contributed by atoms with Gasteiger partial charge in [-0.1, -0.05) is 64.3 Å². The predicted molar refractivity (Wildman–Crippen MR) is 145 cm³/mol. The van der Waals surface area contributed by atoms with Gasteiger partial charge in [-0.15, -0.1) is 0 Å². The lowest BCUT2D eigenvalue weighted by Gasteiger charge is -2.38. The Hall–Kier alpha value is -2.23. The third-order valence-corrected chi connectivity index (χ3v) is 9.57. The minimum absolute atomic E-state index is 0.0180. The fourth-order valence-corrected chi connectivity index (χ4v) is 7.61. The molecule has 0 amide bonds. The second kappa shape index (κ2) is 9.91. The number of hydrogen-bond acceptors (Lipinski definition) is 4. The number of carbonyl (C=O) groups is 1. The highest BCUT2D eigenvalue weighted by molar-refractivity contribution is 5.95. The molecule has 0 saturated heterocycles. The summed E-state index contributed by atoms with van der Waals surface area (Å²) in [5.74, 6) is -0.0470. The van der Waals surface area contributed by atoms with Crippen LogP contribution in [-0.2, 0) is 11.2 Å². The Morgan fingerprint density at radius 2 is 1.94 bits per heavy atom. The van der Waals surface area contributed by atoms with E-state index in [1.807, 2.05) is 6.92 Å². The van der Waals surface area contributed by atoms with Crippen LogP contribution >= 0.6 is 0 Å². The van der Waals surface area contributed by atoms with Crippen molar-refractivity contribution in [1.29, 1.82) is 0 Å². The average molecular weight is 495 g/mol. The highest BCUT2D eigenvalue weighted by Gasteiger charge is 2.58. The molecule has 5 atom stereocenters. The number of phenols is 2. The van der Waals surface area contributed by atoms with Gasteiger partial charge in [0.15, 0.2) is 0 Å². The summed E-state index contributed by atoms with van der Waals surface area (Å²) in [6.07, 6.45) is 10.5. The minimum Gasteiger partial charge on any atom is -0.507 e. The number of benzene rings is 1. The molecule has 2 bridgehead atoms. The first-order valence-electron chi connectivity index (χ1n) is 14.0. The SMILES string of the molecule is C=C(C)[C@@H]1CCC(C)=C[C@H]1c1c(O)cc(CCCCC)c(C(=O)O[C@@H]2C[C@H]3CC2(C)CC3(C)C)c1O. The van der Waals surface area contributed by atoms with E-state index in [2.05, 4.69) is 47.3 Å². The highest BCUT2D eigenvalue weighted by Crippen LogP contribution is 2.63. The molecule has 4 heteroatoms. The number of aromatic hydroxyl groups is 2. The van der Waals surface area contributed by atoms with Gasteiger partial charge < -0.3 is 14.9 Å². The van der Waals surface area contributed by atoms with Gasteiger partial charge in [-0.3, -0.25) is 0 Å². The zero-order valence-electron chi connectivity index (χ0n) is 23.2. The summed E-state index contributed by atoms with van der Waals surface area (Å²) in [5.41, 5.74) is 3.88. The van der Waals surface area contributed by atoms with Gasteiger partial charge in [-0.25, -0.2) is 4.79 Å². The topological polar surface area (TPSA) is 66.8 Å². The molecule has 2 N–H and O–H groups in total. The number of esters is 1. The van der Waals surface area contributed by atoms with Gasteiger partial charge in [0, 0.05) is 16.9 Å². The Bertz CT molecular complexity index is 1060. The van der Waals surface area contributed by atoms with Crippen molar-refractivity contribution in [2.45, 2.75) is 111 Å². The number of allylic oxidation sites excluding steroid dienone is 3. The summed E-state index contributed by atoms with van der Waals surface area (Å²) in [6.45, 7) is 17.3. The van der Waals surface area contributed by atoms with Gasteiger partial charge in [-0.2, -0.15) is 0 Å². The Morgan fingerprint density at radius 1 is 1.22 bits per heavy atom. The van der Waals surface area contributed by atoms with Crippen LogP contribution < -0.4 is 0 Å². The van der Waals surface area contributed by atoms with Crippen molar-refractivity contribution >= 4 is 5.97 Å². The van der Waals surface area contributed by atoms with Crippen molar-refractivity contribution in [3.63, 3.8) is 0 Å². The molecule has 36 heavy (non-hydrogen) atoms. The van der Waals surface area contributed by atoms with E-state index in [-0.39, 0.29) is 45.8 Å². The molecule has 4 rings (SSSR count). The third-order valence-electron chi connectivity index (χ3n) is 9.57. The van der Waals surface area contributed by atoms with Crippen LogP contribution in [0.15, 0.2) is 29.9 Å². The van der Waals surface area contributed by atoms with Crippen LogP contribution in [0.4, 0.5) is 0 Å². The zero-order chi connectivity index (χ0) is 26.4. The Kier molecular flexibility index (Phi) is 7.38. The van der Waals surface area contributed by atoms with Crippen molar-refractivity contribution in [2.24, 2.45) is 22.7 Å². The standard InChI is InChI=1S/C32H46O4/c1-8-9-10-11-21-15-25(33)28(24-14-20(4)12-13-23(24)19(2)3)29(34)27(21)30(35)36-26-16-22-17-32(26,7)18-31(22,5)6/h14-15,22-24,26,33-34H,2,8-13,16-18H2,1,3-7H3/t22-,23-,24+,26+,32?/m0/s1. The maximum absolute atomic E-state index is 13.8. The molecule has 0 spiro atoms. The highest BCUT2D eigenvalue weighted by atomic mass is 16.5. The summed E-state index contributed by atoms with van der Waals surface area (Å²) >= 11 is 0. The molecule has 0 aliphatic heterocycles. The second-order valence-corrected chi connectivity index (χ2v) is 13.0. The van der Waals surface area contributed by atoms with Crippen LogP contribution in [0.3, 0.4) is 0 Å². The van der Waals surface area contributed by atoms with E-state index in [0.29, 0.717) is 23.5 Å². The second-order valence-electron chi connectivity index (χ2n) is 13.0. The largest absolute Gasteiger partial charge is 0.507 e. The van der Waals surface area contributed by atoms with Crippen LogP contribution in [0.2, 0.25) is 0 Å². The smallest absolute Gasteiger partial charge is 0.342 e. The average Bonchev–Trinajstić information content (AvgIpc) is 3.21. The van der Waals surface area contributed by atoms with Gasteiger partial charge >= 0.3 is 5.97 Å². The molecule has 1 aromatic carbocycles. The maximum Gasteiger partial charge on any atom is 0.342 e. The van der Waals surface area contributed by atoms with Crippen molar-refractivity contribution in [3.05, 3.63) is 46.6 Å². The van der Waals surface area contributed by atoms with E-state index in [1.54, 1.807) is 6.07 Å². The Labute approximate surface area is 217 Å². The zero-order valence-corrected chi connectivity index (χ0v) is 23.2. The monoisotopic (exact) mass is 494 g/mol. The van der Waals surface area contributed by atoms with Crippen LogP contribution in [0.5, 0.6) is 11.5 Å². The van der Waals surface area contributed by atoms with Gasteiger partial charge in [-0.05, 0) is 87.7 Å². The summed E-state index contributed by atoms with van der Waals surface area (Å²) < 4.78 is 6.22. The van der Waals surface area contributed by atoms with Gasteiger partial charge in [0.25, 0.3) is 0 Å². The number of hydrogen-bond donors (Lipinski definition) is 2. The lowest BCUT2D eigenvalue weighted by molar-refractivity contribution is -0.0224. The fraction of sp³-hybridized carbons (Fsp3) is 0.656. The minimum atomic E-state index is -0.444. The van der Waals surface area contributed by atoms with Gasteiger partial charge in [0.05, 0.1) is 0 Å². The van der Waals surface area contributed by atoms with Crippen LogP contribution in [-0.4, -0.2) is 22.3 Å². The molecule has 4 nitrogen and oxygen atoms in total. The van der Waals surface area contributed by atoms with E-state index in [1.165, 1.54) is 5.57 Å². The van der Waals surface area contributed by atoms with Crippen molar-refractivity contribution in [2.75, 3.05) is 0 Å². The van der Waals surface area contributed by atoms with Crippen LogP contribution in [0, 0.1) is 22.7 Å². The molecule has 2 fully saturated rings. The molecule has 198 valence electrons. The summed E-state index contributed by atoms with van der Waals surface area (Å²) in [5, 5.41) is 22.8. The predicted octanol–water partition coefficient (Wildman–Crippen LogP) is 8.22. The molecule has 0 aromatic heterocycles. The molecule has 3 aliphatic rings. The third kappa shape index (κ3) is 4.85. The molecule has 0 heterocycles. The number of aryl methyl sites for hydroxylation is 1. The lowest BCUT2D eigenvalue weighted by Crippen LogP contribution is -2.37. The number of fused-ring (bicyclic) bond motifs is 2. The van der Waals surface area contributed by atoms with E-state index >= 15 is 0 Å². The molecule has 1 aromatic rings.